The number of likely N-dealkylation sites (tertiary alicyclic amines) is 1. The number of aromatic nitrogens is 5. The highest BCUT2D eigenvalue weighted by Gasteiger charge is 2.26. The third-order valence-electron chi connectivity index (χ3n) is 6.37. The average molecular weight is 497 g/mol. The van der Waals surface area contributed by atoms with Crippen LogP contribution in [0.2, 0.25) is 0 Å². The Morgan fingerprint density at radius 1 is 1.19 bits per heavy atom. The van der Waals surface area contributed by atoms with Crippen LogP contribution in [0, 0.1) is 5.82 Å². The summed E-state index contributed by atoms with van der Waals surface area (Å²) in [7, 11) is 1.62. The van der Waals surface area contributed by atoms with Gasteiger partial charge in [0, 0.05) is 55.1 Å². The number of pyridine rings is 1. The zero-order valence-corrected chi connectivity index (χ0v) is 20.2. The van der Waals surface area contributed by atoms with Crippen LogP contribution in [0.1, 0.15) is 18.9 Å². The topological polar surface area (TPSA) is 107 Å². The summed E-state index contributed by atoms with van der Waals surface area (Å²) in [6.45, 7) is 3.15. The van der Waals surface area contributed by atoms with Crippen LogP contribution >= 0.6 is 0 Å². The highest BCUT2D eigenvalue weighted by atomic mass is 19.1. The number of amides is 1. The van der Waals surface area contributed by atoms with E-state index >= 15 is 0 Å². The van der Waals surface area contributed by atoms with Crippen LogP contribution in [0.5, 0.6) is 0 Å². The van der Waals surface area contributed by atoms with E-state index in [2.05, 4.69) is 19.5 Å². The van der Waals surface area contributed by atoms with Gasteiger partial charge in [0.2, 0.25) is 5.91 Å². The molecule has 0 saturated carbocycles. The molecule has 0 radical (unpaired) electrons. The van der Waals surface area contributed by atoms with Crippen molar-refractivity contribution in [2.24, 2.45) is 0 Å². The first-order valence-corrected chi connectivity index (χ1v) is 12.0. The van der Waals surface area contributed by atoms with Crippen molar-refractivity contribution >= 4 is 28.0 Å². The van der Waals surface area contributed by atoms with Crippen molar-refractivity contribution in [3.05, 3.63) is 42.7 Å². The molecule has 1 aliphatic heterocycles. The molecule has 1 amide bonds. The molecule has 1 fully saturated rings. The summed E-state index contributed by atoms with van der Waals surface area (Å²) in [6, 6.07) is 3.49. The third-order valence-corrected chi connectivity index (χ3v) is 6.37. The van der Waals surface area contributed by atoms with Crippen molar-refractivity contribution in [3.63, 3.8) is 0 Å². The number of carbonyl (C=O) groups is 1. The maximum Gasteiger partial charge on any atom is 0.248 e. The standard InChI is InChI=1S/C25H29FN6O4/c1-34-7-8-35-9-10-36-16-22(33)31-5-2-3-19(15-31)32-6-4-17-12-27-24(30-25(17)32)21-14-29-23-20(21)11-18(26)13-28-23/h4,6,11-14,19H,2-3,5,7-10,15-16H2,1H3,(H,28,29)/t19-/m0/s1. The number of halogens is 1. The van der Waals surface area contributed by atoms with E-state index in [-0.39, 0.29) is 18.6 Å². The number of H-pyrrole nitrogens is 1. The van der Waals surface area contributed by atoms with E-state index in [4.69, 9.17) is 19.2 Å². The molecule has 10 nitrogen and oxygen atoms in total. The smallest absolute Gasteiger partial charge is 0.248 e. The SMILES string of the molecule is COCCOCCOCC(=O)N1CCC[C@H](n2ccc3cnc(-c4c[nH]c5ncc(F)cc45)nc32)C1. The summed E-state index contributed by atoms with van der Waals surface area (Å²) in [5.41, 5.74) is 2.05. The summed E-state index contributed by atoms with van der Waals surface area (Å²) in [5.74, 6) is 0.0463. The molecule has 1 aliphatic rings. The fourth-order valence-electron chi connectivity index (χ4n) is 4.55. The number of methoxy groups -OCH3 is 1. The number of fused-ring (bicyclic) bond motifs is 2. The van der Waals surface area contributed by atoms with Crippen molar-refractivity contribution in [2.75, 3.05) is 53.2 Å². The molecule has 0 spiro atoms. The number of hydrogen-bond acceptors (Lipinski definition) is 7. The van der Waals surface area contributed by atoms with Gasteiger partial charge in [0.15, 0.2) is 5.82 Å². The van der Waals surface area contributed by atoms with Crippen molar-refractivity contribution in [1.82, 2.24) is 29.4 Å². The van der Waals surface area contributed by atoms with E-state index in [1.807, 2.05) is 17.2 Å². The quantitative estimate of drug-likeness (QED) is 0.336. The van der Waals surface area contributed by atoms with Crippen molar-refractivity contribution in [3.8, 4) is 11.4 Å². The molecule has 1 atom stereocenters. The molecule has 5 heterocycles. The fourth-order valence-corrected chi connectivity index (χ4v) is 4.55. The summed E-state index contributed by atoms with van der Waals surface area (Å²) in [4.78, 5) is 31.1. The van der Waals surface area contributed by atoms with Crippen LogP contribution in [0.4, 0.5) is 4.39 Å². The summed E-state index contributed by atoms with van der Waals surface area (Å²) < 4.78 is 31.7. The minimum atomic E-state index is -0.414. The van der Waals surface area contributed by atoms with Crippen molar-refractivity contribution in [2.45, 2.75) is 18.9 Å². The lowest BCUT2D eigenvalue weighted by Gasteiger charge is -2.33. The summed E-state index contributed by atoms with van der Waals surface area (Å²) in [6.07, 6.45) is 8.51. The van der Waals surface area contributed by atoms with Gasteiger partial charge >= 0.3 is 0 Å². The Hall–Kier alpha value is -3.41. The van der Waals surface area contributed by atoms with Gasteiger partial charge in [-0.3, -0.25) is 4.79 Å². The minimum absolute atomic E-state index is 0.0308. The van der Waals surface area contributed by atoms with E-state index in [9.17, 15) is 9.18 Å². The van der Waals surface area contributed by atoms with Crippen LogP contribution < -0.4 is 0 Å². The van der Waals surface area contributed by atoms with Gasteiger partial charge in [-0.1, -0.05) is 0 Å². The van der Waals surface area contributed by atoms with Crippen molar-refractivity contribution < 1.29 is 23.4 Å². The maximum absolute atomic E-state index is 13.8. The lowest BCUT2D eigenvalue weighted by atomic mass is 10.1. The second-order valence-electron chi connectivity index (χ2n) is 8.74. The third kappa shape index (κ3) is 5.23. The van der Waals surface area contributed by atoms with Gasteiger partial charge in [0.25, 0.3) is 0 Å². The van der Waals surface area contributed by atoms with Gasteiger partial charge < -0.3 is 28.7 Å². The molecular formula is C25H29FN6O4. The first kappa shape index (κ1) is 24.3. The molecule has 0 aromatic carbocycles. The number of aromatic amines is 1. The molecular weight excluding hydrogens is 467 g/mol. The number of rotatable bonds is 10. The molecule has 4 aromatic heterocycles. The first-order valence-electron chi connectivity index (χ1n) is 12.0. The van der Waals surface area contributed by atoms with Gasteiger partial charge in [0.1, 0.15) is 23.7 Å². The van der Waals surface area contributed by atoms with Gasteiger partial charge in [-0.2, -0.15) is 0 Å². The van der Waals surface area contributed by atoms with E-state index in [1.54, 1.807) is 19.5 Å². The maximum atomic E-state index is 13.8. The van der Waals surface area contributed by atoms with Gasteiger partial charge in [-0.15, -0.1) is 0 Å². The number of nitrogens with one attached hydrogen (secondary N) is 1. The Bertz CT molecular complexity index is 1340. The van der Waals surface area contributed by atoms with Gasteiger partial charge in [-0.25, -0.2) is 19.3 Å². The van der Waals surface area contributed by atoms with Crippen LogP contribution in [-0.4, -0.2) is 88.5 Å². The first-order chi connectivity index (χ1) is 17.6. The molecule has 1 N–H and O–H groups in total. The Morgan fingerprint density at radius 2 is 2.06 bits per heavy atom. The average Bonchev–Trinajstić information content (AvgIpc) is 3.51. The zero-order chi connectivity index (χ0) is 24.9. The molecule has 4 aromatic rings. The largest absolute Gasteiger partial charge is 0.382 e. The second-order valence-corrected chi connectivity index (χ2v) is 8.74. The monoisotopic (exact) mass is 496 g/mol. The highest BCUT2D eigenvalue weighted by molar-refractivity contribution is 5.92. The van der Waals surface area contributed by atoms with Gasteiger partial charge in [-0.05, 0) is 25.0 Å². The molecule has 190 valence electrons. The molecule has 11 heteroatoms. The second kappa shape index (κ2) is 11.1. The molecule has 0 unspecified atom stereocenters. The van der Waals surface area contributed by atoms with Crippen LogP contribution in [0.15, 0.2) is 36.9 Å². The number of carbonyl (C=O) groups excluding carboxylic acids is 1. The van der Waals surface area contributed by atoms with E-state index in [0.717, 1.165) is 23.9 Å². The van der Waals surface area contributed by atoms with Crippen molar-refractivity contribution in [1.29, 1.82) is 0 Å². The summed E-state index contributed by atoms with van der Waals surface area (Å²) >= 11 is 0. The number of ether oxygens (including phenoxy) is 3. The normalized spacial score (nSPS) is 16.3. The van der Waals surface area contributed by atoms with Crippen LogP contribution in [-0.2, 0) is 19.0 Å². The van der Waals surface area contributed by atoms with E-state index in [0.29, 0.717) is 61.9 Å². The number of nitrogens with zero attached hydrogens (tertiary/aromatic N) is 5. The zero-order valence-electron chi connectivity index (χ0n) is 20.2. The Kier molecular flexibility index (Phi) is 7.49. The predicted octanol–water partition coefficient (Wildman–Crippen LogP) is 2.96. The lowest BCUT2D eigenvalue weighted by Crippen LogP contribution is -2.42. The summed E-state index contributed by atoms with van der Waals surface area (Å²) in [5, 5.41) is 1.54. The van der Waals surface area contributed by atoms with E-state index < -0.39 is 5.82 Å². The Balaban J connectivity index is 1.27. The minimum Gasteiger partial charge on any atom is -0.382 e. The molecule has 0 aliphatic carbocycles. The molecule has 36 heavy (non-hydrogen) atoms. The molecule has 0 bridgehead atoms. The Morgan fingerprint density at radius 3 is 2.94 bits per heavy atom. The predicted molar refractivity (Wildman–Crippen MR) is 131 cm³/mol. The van der Waals surface area contributed by atoms with Crippen LogP contribution in [0.3, 0.4) is 0 Å². The highest BCUT2D eigenvalue weighted by Crippen LogP contribution is 2.29. The molecule has 5 rings (SSSR count). The number of hydrogen-bond donors (Lipinski definition) is 1. The van der Waals surface area contributed by atoms with Gasteiger partial charge in [0.05, 0.1) is 38.7 Å². The Labute approximate surface area is 207 Å². The fraction of sp³-hybridized carbons (Fsp3) is 0.440. The van der Waals surface area contributed by atoms with Crippen LogP contribution in [0.25, 0.3) is 33.5 Å². The van der Waals surface area contributed by atoms with E-state index in [1.165, 1.54) is 12.3 Å². The lowest BCUT2D eigenvalue weighted by molar-refractivity contribution is -0.138. The number of piperidine rings is 1. The molecule has 1 saturated heterocycles.